The van der Waals surface area contributed by atoms with Crippen molar-refractivity contribution in [3.05, 3.63) is 71.8 Å². The number of ether oxygens (including phenoxy) is 2. The van der Waals surface area contributed by atoms with E-state index in [1.165, 1.54) is 12.1 Å². The van der Waals surface area contributed by atoms with Gasteiger partial charge in [0, 0.05) is 43.7 Å². The van der Waals surface area contributed by atoms with Crippen molar-refractivity contribution in [2.75, 3.05) is 33.4 Å². The SMILES string of the molecule is COCCNC1CN(C(=O)c2ccc3c(Oc4ccc(C(F)(F)F)cc4)cccc3c2)C1. The van der Waals surface area contributed by atoms with Crippen LogP contribution in [0.5, 0.6) is 11.5 Å². The van der Waals surface area contributed by atoms with E-state index >= 15 is 0 Å². The van der Waals surface area contributed by atoms with Crippen LogP contribution in [0.1, 0.15) is 15.9 Å². The summed E-state index contributed by atoms with van der Waals surface area (Å²) in [6, 6.07) is 15.6. The van der Waals surface area contributed by atoms with Crippen molar-refractivity contribution < 1.29 is 27.4 Å². The molecule has 1 N–H and O–H groups in total. The number of fused-ring (bicyclic) bond motifs is 1. The summed E-state index contributed by atoms with van der Waals surface area (Å²) in [7, 11) is 1.65. The zero-order chi connectivity index (χ0) is 22.7. The highest BCUT2D eigenvalue weighted by atomic mass is 19.4. The van der Waals surface area contributed by atoms with Gasteiger partial charge in [-0.1, -0.05) is 12.1 Å². The summed E-state index contributed by atoms with van der Waals surface area (Å²) in [6.07, 6.45) is -4.39. The fourth-order valence-electron chi connectivity index (χ4n) is 3.64. The molecule has 1 heterocycles. The van der Waals surface area contributed by atoms with Gasteiger partial charge in [-0.15, -0.1) is 0 Å². The first kappa shape index (κ1) is 22.1. The lowest BCUT2D eigenvalue weighted by Gasteiger charge is -2.39. The molecule has 1 amide bonds. The van der Waals surface area contributed by atoms with Gasteiger partial charge >= 0.3 is 6.18 Å². The van der Waals surface area contributed by atoms with Crippen LogP contribution < -0.4 is 10.1 Å². The predicted octanol–water partition coefficient (Wildman–Crippen LogP) is 4.71. The second kappa shape index (κ2) is 9.18. The summed E-state index contributed by atoms with van der Waals surface area (Å²) < 4.78 is 49.1. The summed E-state index contributed by atoms with van der Waals surface area (Å²) in [5.74, 6) is 0.775. The Morgan fingerprint density at radius 1 is 1.09 bits per heavy atom. The van der Waals surface area contributed by atoms with Crippen molar-refractivity contribution in [2.24, 2.45) is 0 Å². The first-order valence-electron chi connectivity index (χ1n) is 10.2. The fraction of sp³-hybridized carbons (Fsp3) is 0.292. The molecule has 1 aliphatic heterocycles. The third kappa shape index (κ3) is 4.87. The number of hydrogen-bond acceptors (Lipinski definition) is 4. The smallest absolute Gasteiger partial charge is 0.416 e. The molecule has 8 heteroatoms. The quantitative estimate of drug-likeness (QED) is 0.537. The maximum absolute atomic E-state index is 12.8. The van der Waals surface area contributed by atoms with Gasteiger partial charge in [-0.3, -0.25) is 4.79 Å². The average Bonchev–Trinajstić information content (AvgIpc) is 2.74. The van der Waals surface area contributed by atoms with Gasteiger partial charge in [-0.2, -0.15) is 13.2 Å². The van der Waals surface area contributed by atoms with Gasteiger partial charge in [0.15, 0.2) is 0 Å². The lowest BCUT2D eigenvalue weighted by molar-refractivity contribution is -0.137. The van der Waals surface area contributed by atoms with Gasteiger partial charge < -0.3 is 19.7 Å². The minimum absolute atomic E-state index is 0.0363. The normalized spacial score (nSPS) is 14.4. The summed E-state index contributed by atoms with van der Waals surface area (Å²) >= 11 is 0. The van der Waals surface area contributed by atoms with Crippen LogP contribution in [0, 0.1) is 0 Å². The molecule has 0 unspecified atom stereocenters. The molecule has 4 rings (SSSR count). The van der Waals surface area contributed by atoms with Crippen molar-refractivity contribution in [2.45, 2.75) is 12.2 Å². The molecule has 0 bridgehead atoms. The molecule has 0 aromatic heterocycles. The number of carbonyl (C=O) groups is 1. The van der Waals surface area contributed by atoms with Crippen LogP contribution in [0.3, 0.4) is 0 Å². The Balaban J connectivity index is 1.45. The van der Waals surface area contributed by atoms with Gasteiger partial charge in [0.25, 0.3) is 5.91 Å². The van der Waals surface area contributed by atoms with Gasteiger partial charge in [-0.05, 0) is 53.9 Å². The van der Waals surface area contributed by atoms with E-state index in [1.54, 1.807) is 36.3 Å². The standard InChI is InChI=1S/C24H23F3N2O3/c1-31-12-11-28-19-14-29(15-19)23(30)17-5-10-21-16(13-17)3-2-4-22(21)32-20-8-6-18(7-9-20)24(25,26)27/h2-10,13,19,28H,11-12,14-15H2,1H3. The van der Waals surface area contributed by atoms with Crippen molar-refractivity contribution in [3.63, 3.8) is 0 Å². The lowest BCUT2D eigenvalue weighted by Crippen LogP contribution is -2.60. The molecule has 0 spiro atoms. The molecule has 1 saturated heterocycles. The highest BCUT2D eigenvalue weighted by Gasteiger charge is 2.31. The average molecular weight is 444 g/mol. The summed E-state index contributed by atoms with van der Waals surface area (Å²) in [5, 5.41) is 4.92. The van der Waals surface area contributed by atoms with Crippen LogP contribution in [-0.4, -0.2) is 50.2 Å². The Morgan fingerprint density at radius 3 is 2.53 bits per heavy atom. The zero-order valence-electron chi connectivity index (χ0n) is 17.5. The van der Waals surface area contributed by atoms with E-state index in [0.29, 0.717) is 36.8 Å². The molecular weight excluding hydrogens is 421 g/mol. The van der Waals surface area contributed by atoms with Crippen molar-refractivity contribution >= 4 is 16.7 Å². The van der Waals surface area contributed by atoms with Crippen LogP contribution in [0.2, 0.25) is 0 Å². The molecule has 0 radical (unpaired) electrons. The van der Waals surface area contributed by atoms with E-state index in [1.807, 2.05) is 12.1 Å². The Hall–Kier alpha value is -3.10. The zero-order valence-corrected chi connectivity index (χ0v) is 17.5. The Morgan fingerprint density at radius 2 is 1.84 bits per heavy atom. The highest BCUT2D eigenvalue weighted by molar-refractivity contribution is 6.00. The number of likely N-dealkylation sites (tertiary alicyclic amines) is 1. The molecule has 168 valence electrons. The largest absolute Gasteiger partial charge is 0.457 e. The topological polar surface area (TPSA) is 50.8 Å². The van der Waals surface area contributed by atoms with E-state index in [-0.39, 0.29) is 11.9 Å². The number of amides is 1. The minimum atomic E-state index is -4.39. The molecule has 0 saturated carbocycles. The van der Waals surface area contributed by atoms with Crippen LogP contribution >= 0.6 is 0 Å². The second-order valence-electron chi connectivity index (χ2n) is 7.67. The van der Waals surface area contributed by atoms with Gasteiger partial charge in [-0.25, -0.2) is 0 Å². The van der Waals surface area contributed by atoms with Gasteiger partial charge in [0.05, 0.1) is 12.2 Å². The summed E-state index contributed by atoms with van der Waals surface area (Å²) in [6.45, 7) is 2.68. The van der Waals surface area contributed by atoms with Gasteiger partial charge in [0.1, 0.15) is 11.5 Å². The fourth-order valence-corrected chi connectivity index (χ4v) is 3.64. The van der Waals surface area contributed by atoms with E-state index in [9.17, 15) is 18.0 Å². The number of carbonyl (C=O) groups excluding carboxylic acids is 1. The number of alkyl halides is 3. The second-order valence-corrected chi connectivity index (χ2v) is 7.67. The van der Waals surface area contributed by atoms with Crippen LogP contribution in [0.15, 0.2) is 60.7 Å². The van der Waals surface area contributed by atoms with Crippen molar-refractivity contribution in [1.29, 1.82) is 0 Å². The number of methoxy groups -OCH3 is 1. The van der Waals surface area contributed by atoms with Gasteiger partial charge in [0.2, 0.25) is 0 Å². The monoisotopic (exact) mass is 444 g/mol. The lowest BCUT2D eigenvalue weighted by atomic mass is 10.0. The van der Waals surface area contributed by atoms with E-state index < -0.39 is 11.7 Å². The molecule has 3 aromatic rings. The van der Waals surface area contributed by atoms with Crippen LogP contribution in [0.4, 0.5) is 13.2 Å². The minimum Gasteiger partial charge on any atom is -0.457 e. The maximum Gasteiger partial charge on any atom is 0.416 e. The van der Waals surface area contributed by atoms with E-state index in [2.05, 4.69) is 5.32 Å². The summed E-state index contributed by atoms with van der Waals surface area (Å²) in [5.41, 5.74) is -0.146. The third-order valence-corrected chi connectivity index (χ3v) is 5.40. The van der Waals surface area contributed by atoms with Crippen molar-refractivity contribution in [1.82, 2.24) is 10.2 Å². The Kier molecular flexibility index (Phi) is 6.34. The first-order valence-corrected chi connectivity index (χ1v) is 10.2. The highest BCUT2D eigenvalue weighted by Crippen LogP contribution is 2.34. The molecule has 5 nitrogen and oxygen atoms in total. The molecule has 0 atom stereocenters. The number of benzene rings is 3. The Labute approximate surface area is 183 Å². The van der Waals surface area contributed by atoms with Crippen LogP contribution in [-0.2, 0) is 10.9 Å². The number of hydrogen-bond donors (Lipinski definition) is 1. The maximum atomic E-state index is 12.8. The summed E-state index contributed by atoms with van der Waals surface area (Å²) in [4.78, 5) is 14.6. The first-order chi connectivity index (χ1) is 15.3. The molecular formula is C24H23F3N2O3. The number of nitrogens with one attached hydrogen (secondary N) is 1. The van der Waals surface area contributed by atoms with E-state index in [0.717, 1.165) is 29.4 Å². The third-order valence-electron chi connectivity index (χ3n) is 5.40. The Bertz CT molecular complexity index is 1090. The van der Waals surface area contributed by atoms with E-state index in [4.69, 9.17) is 9.47 Å². The molecule has 32 heavy (non-hydrogen) atoms. The number of halogens is 3. The predicted molar refractivity (Wildman–Crippen MR) is 115 cm³/mol. The van der Waals surface area contributed by atoms with Crippen molar-refractivity contribution in [3.8, 4) is 11.5 Å². The number of nitrogens with zero attached hydrogens (tertiary/aromatic N) is 1. The molecule has 1 aliphatic rings. The molecule has 1 fully saturated rings. The molecule has 0 aliphatic carbocycles. The molecule has 3 aromatic carbocycles. The number of rotatable bonds is 7. The van der Waals surface area contributed by atoms with Crippen LogP contribution in [0.25, 0.3) is 10.8 Å².